The summed E-state index contributed by atoms with van der Waals surface area (Å²) in [4.78, 5) is 0. The zero-order chi connectivity index (χ0) is 5.15. The van der Waals surface area contributed by atoms with Crippen LogP contribution in [0.3, 0.4) is 0 Å². The topological polar surface area (TPSA) is 31.9 Å². The fourth-order valence-electron chi connectivity index (χ4n) is 0. The molecule has 0 aromatic rings. The van der Waals surface area contributed by atoms with Crippen molar-refractivity contribution in [3.05, 3.63) is 5.21 Å². The molecule has 0 rings (SSSR count). The van der Waals surface area contributed by atoms with E-state index in [2.05, 4.69) is 0 Å². The second-order valence-corrected chi connectivity index (χ2v) is 1.56. The third-order valence-corrected chi connectivity index (χ3v) is 0.704. The average Bonchev–Trinajstić information content (AvgIpc) is 1.36. The Bertz CT molecular complexity index is 33.9. The Morgan fingerprint density at radius 3 is 1.29 bits per heavy atom. The lowest BCUT2D eigenvalue weighted by molar-refractivity contribution is -1.46. The van der Waals surface area contributed by atoms with E-state index >= 15 is 0 Å². The van der Waals surface area contributed by atoms with Crippen molar-refractivity contribution < 1.29 is 34.2 Å². The molecule has 0 radical (unpaired) electrons. The van der Waals surface area contributed by atoms with Gasteiger partial charge in [-0.3, -0.25) is 0 Å². The van der Waals surface area contributed by atoms with Gasteiger partial charge in [0.25, 0.3) is 0 Å². The first-order valence-electron chi connectivity index (χ1n) is 1.95. The van der Waals surface area contributed by atoms with Gasteiger partial charge >= 0.3 is 0 Å². The highest BCUT2D eigenvalue weighted by molar-refractivity contribution is 3.80. The Morgan fingerprint density at radius 1 is 1.14 bits per heavy atom. The molecule has 0 aromatic carbocycles. The van der Waals surface area contributed by atoms with E-state index < -0.39 is 0 Å². The van der Waals surface area contributed by atoms with E-state index in [1.807, 2.05) is 14.1 Å². The van der Waals surface area contributed by atoms with Crippen LogP contribution in [0, 0.1) is 5.21 Å². The number of hydrogen-bond donors (Lipinski definition) is 2. The molecule has 0 aliphatic heterocycles. The molecule has 0 aromatic heterocycles. The molecule has 0 aliphatic rings. The Balaban J connectivity index is 0. The minimum Gasteiger partial charge on any atom is -1.00 e. The number of quaternary nitrogens is 2. The maximum atomic E-state index is 10.1. The van der Waals surface area contributed by atoms with Gasteiger partial charge in [0.05, 0.1) is 0 Å². The van der Waals surface area contributed by atoms with Gasteiger partial charge in [-0.25, -0.2) is 5.17 Å². The maximum Gasteiger partial charge on any atom is 0.110 e. The van der Waals surface area contributed by atoms with Crippen molar-refractivity contribution in [3.63, 3.8) is 0 Å². The first kappa shape index (κ1) is 10.6. The SMILES string of the molecule is C[NH+](C)[NH+](C)[O-].[I-]. The third-order valence-electron chi connectivity index (χ3n) is 0.704. The van der Waals surface area contributed by atoms with Gasteiger partial charge in [-0.15, -0.1) is 0 Å². The molecule has 0 heterocycles. The first-order chi connectivity index (χ1) is 2.64. The van der Waals surface area contributed by atoms with Crippen molar-refractivity contribution in [1.29, 1.82) is 0 Å². The predicted octanol–water partition coefficient (Wildman–Crippen LogP) is -5.94. The summed E-state index contributed by atoms with van der Waals surface area (Å²) in [5.41, 5.74) is 0. The van der Waals surface area contributed by atoms with Crippen LogP contribution in [0.15, 0.2) is 0 Å². The molecule has 0 fully saturated rings. The summed E-state index contributed by atoms with van der Waals surface area (Å²) in [5.74, 6) is 0. The van der Waals surface area contributed by atoms with Crippen LogP contribution in [0.5, 0.6) is 0 Å². The fourth-order valence-corrected chi connectivity index (χ4v) is 0. The molecule has 7 heavy (non-hydrogen) atoms. The Hall–Kier alpha value is 0.610. The van der Waals surface area contributed by atoms with Crippen LogP contribution in [0.2, 0.25) is 0 Å². The van der Waals surface area contributed by atoms with Gasteiger partial charge in [0, 0.05) is 0 Å². The molecule has 46 valence electrons. The summed E-state index contributed by atoms with van der Waals surface area (Å²) in [6, 6.07) is 0. The quantitative estimate of drug-likeness (QED) is 0.333. The van der Waals surface area contributed by atoms with Crippen molar-refractivity contribution in [3.8, 4) is 0 Å². The molecule has 4 heteroatoms. The lowest BCUT2D eigenvalue weighted by Gasteiger charge is -2.18. The zero-order valence-electron chi connectivity index (χ0n) is 4.79. The van der Waals surface area contributed by atoms with Crippen LogP contribution in [0.1, 0.15) is 0 Å². The second kappa shape index (κ2) is 4.76. The summed E-state index contributed by atoms with van der Waals surface area (Å²) in [5, 5.41) is 11.2. The molecule has 1 unspecified atom stereocenters. The monoisotopic (exact) mass is 218 g/mol. The molecule has 0 amide bonds. The van der Waals surface area contributed by atoms with E-state index in [0.29, 0.717) is 0 Å². The van der Waals surface area contributed by atoms with Crippen LogP contribution >= 0.6 is 0 Å². The van der Waals surface area contributed by atoms with Gasteiger partial charge in [-0.2, -0.15) is 5.01 Å². The Kier molecular flexibility index (Phi) is 7.19. The Morgan fingerprint density at radius 2 is 1.29 bits per heavy atom. The zero-order valence-corrected chi connectivity index (χ0v) is 6.94. The largest absolute Gasteiger partial charge is 1.00 e. The third kappa shape index (κ3) is 6.61. The fraction of sp³-hybridized carbons (Fsp3) is 1.00. The normalized spacial score (nSPS) is 13.3. The van der Waals surface area contributed by atoms with Crippen LogP contribution in [0.4, 0.5) is 0 Å². The van der Waals surface area contributed by atoms with Crippen molar-refractivity contribution in [2.75, 3.05) is 21.1 Å². The molecule has 0 bridgehead atoms. The van der Waals surface area contributed by atoms with Gasteiger partial charge < -0.3 is 29.2 Å². The highest BCUT2D eigenvalue weighted by atomic mass is 127. The minimum atomic E-state index is 0. The molecule has 3 nitrogen and oxygen atoms in total. The highest BCUT2D eigenvalue weighted by Crippen LogP contribution is 0.936. The van der Waals surface area contributed by atoms with E-state index in [1.165, 1.54) is 0 Å². The summed E-state index contributed by atoms with van der Waals surface area (Å²) >= 11 is 0. The van der Waals surface area contributed by atoms with E-state index in [4.69, 9.17) is 0 Å². The maximum absolute atomic E-state index is 10.1. The lowest BCUT2D eigenvalue weighted by atomic mass is 11.1. The number of rotatable bonds is 1. The standard InChI is InChI=1S/C3H11N2O.HI/c1-4(2)5(3)6;/h4-5H,1-3H3;1H/q+1;/p-1. The van der Waals surface area contributed by atoms with E-state index in [9.17, 15) is 5.21 Å². The van der Waals surface area contributed by atoms with Crippen LogP contribution < -0.4 is 34.2 Å². The van der Waals surface area contributed by atoms with Crippen molar-refractivity contribution in [2.24, 2.45) is 0 Å². The van der Waals surface area contributed by atoms with Gasteiger partial charge in [0.15, 0.2) is 0 Å². The molecule has 0 saturated heterocycles. The number of hydrogen-bond acceptors (Lipinski definition) is 1. The van der Waals surface area contributed by atoms with Crippen molar-refractivity contribution in [1.82, 2.24) is 0 Å². The van der Waals surface area contributed by atoms with Crippen molar-refractivity contribution in [2.45, 2.75) is 0 Å². The molecule has 1 atom stereocenters. The van der Waals surface area contributed by atoms with Crippen LogP contribution in [-0.4, -0.2) is 21.1 Å². The number of nitrogens with one attached hydrogen (secondary N) is 2. The van der Waals surface area contributed by atoms with Gasteiger partial charge in [-0.05, 0) is 0 Å². The molecule has 2 N–H and O–H groups in total. The summed E-state index contributed by atoms with van der Waals surface area (Å²) in [6.07, 6.45) is 0. The van der Waals surface area contributed by atoms with Gasteiger partial charge in [0.1, 0.15) is 21.1 Å². The van der Waals surface area contributed by atoms with Crippen LogP contribution in [-0.2, 0) is 0 Å². The smallest absolute Gasteiger partial charge is 0.110 e. The van der Waals surface area contributed by atoms with E-state index in [1.54, 1.807) is 7.05 Å². The van der Waals surface area contributed by atoms with Gasteiger partial charge in [0.2, 0.25) is 0 Å². The summed E-state index contributed by atoms with van der Waals surface area (Å²) in [7, 11) is 5.18. The van der Waals surface area contributed by atoms with Crippen molar-refractivity contribution >= 4 is 0 Å². The van der Waals surface area contributed by atoms with E-state index in [-0.39, 0.29) is 29.1 Å². The lowest BCUT2D eigenvalue weighted by Crippen LogP contribution is -3.54. The Labute approximate surface area is 60.9 Å². The molecular weight excluding hydrogens is 207 g/mol. The molecule has 0 aliphatic carbocycles. The average molecular weight is 218 g/mol. The molecular formula is C3H11IN2O. The molecule has 0 saturated carbocycles. The highest BCUT2D eigenvalue weighted by Gasteiger charge is 1.86. The summed E-state index contributed by atoms with van der Waals surface area (Å²) in [6.45, 7) is 0. The minimum absolute atomic E-state index is 0. The first-order valence-corrected chi connectivity index (χ1v) is 1.95. The van der Waals surface area contributed by atoms with Crippen LogP contribution in [0.25, 0.3) is 0 Å². The second-order valence-electron chi connectivity index (χ2n) is 1.56. The number of halogens is 1. The van der Waals surface area contributed by atoms with E-state index in [0.717, 1.165) is 5.01 Å². The number of hydroxylamine groups is 1. The molecule has 0 spiro atoms. The van der Waals surface area contributed by atoms with Gasteiger partial charge in [-0.1, -0.05) is 0 Å². The predicted molar refractivity (Wildman–Crippen MR) is 23.1 cm³/mol. The summed E-state index contributed by atoms with van der Waals surface area (Å²) < 4.78 is 0.